The first-order chi connectivity index (χ1) is 19.2. The van der Waals surface area contributed by atoms with E-state index in [4.69, 9.17) is 20.9 Å². The summed E-state index contributed by atoms with van der Waals surface area (Å²) in [6.45, 7) is 4.22. The Kier molecular flexibility index (Phi) is 7.30. The van der Waals surface area contributed by atoms with E-state index in [1.165, 1.54) is 11.3 Å². The topological polar surface area (TPSA) is 149 Å². The molecule has 0 aliphatic carbocycles. The fourth-order valence-electron chi connectivity index (χ4n) is 4.39. The van der Waals surface area contributed by atoms with E-state index in [0.29, 0.717) is 44.0 Å². The number of nitriles is 1. The number of ether oxygens (including phenoxy) is 2. The zero-order valence-corrected chi connectivity index (χ0v) is 23.9. The molecular weight excluding hydrogens is 544 g/mol. The van der Waals surface area contributed by atoms with Crippen molar-refractivity contribution in [3.8, 4) is 40.0 Å². The van der Waals surface area contributed by atoms with Crippen molar-refractivity contribution in [3.63, 3.8) is 0 Å². The number of anilines is 3. The zero-order valence-electron chi connectivity index (χ0n) is 22.2. The minimum absolute atomic E-state index is 0.0885. The number of thiophene rings is 1. The Labute approximate surface area is 239 Å². The Balaban J connectivity index is 1.50. The van der Waals surface area contributed by atoms with Gasteiger partial charge in [-0.1, -0.05) is 38.1 Å². The number of pyridine rings is 1. The first-order valence-electron chi connectivity index (χ1n) is 12.3. The lowest BCUT2D eigenvalue weighted by atomic mass is 9.94. The Bertz CT molecular complexity index is 1780. The van der Waals surface area contributed by atoms with Gasteiger partial charge in [0.15, 0.2) is 16.6 Å². The lowest BCUT2D eigenvalue weighted by molar-refractivity contribution is 0.103. The largest absolute Gasteiger partial charge is 0.493 e. The van der Waals surface area contributed by atoms with Crippen LogP contribution in [0, 0.1) is 11.3 Å². The highest BCUT2D eigenvalue weighted by Gasteiger charge is 2.25. The molecule has 0 spiro atoms. The van der Waals surface area contributed by atoms with Gasteiger partial charge in [0, 0.05) is 21.9 Å². The van der Waals surface area contributed by atoms with Crippen LogP contribution in [0.25, 0.3) is 32.6 Å². The number of fused-ring (bicyclic) bond motifs is 1. The normalized spacial score (nSPS) is 11.0. The number of aromatic nitrogens is 2. The van der Waals surface area contributed by atoms with Crippen LogP contribution < -0.4 is 26.3 Å². The van der Waals surface area contributed by atoms with Crippen LogP contribution in [-0.4, -0.2) is 30.1 Å². The summed E-state index contributed by atoms with van der Waals surface area (Å²) in [7, 11) is 3.14. The molecule has 3 aromatic heterocycles. The third kappa shape index (κ3) is 4.79. The van der Waals surface area contributed by atoms with Crippen molar-refractivity contribution in [1.82, 2.24) is 9.97 Å². The molecule has 0 bridgehead atoms. The van der Waals surface area contributed by atoms with E-state index >= 15 is 0 Å². The number of amides is 1. The van der Waals surface area contributed by atoms with Crippen LogP contribution in [0.2, 0.25) is 0 Å². The van der Waals surface area contributed by atoms with Crippen molar-refractivity contribution in [2.45, 2.75) is 19.8 Å². The third-order valence-corrected chi connectivity index (χ3v) is 8.35. The number of thiazole rings is 1. The van der Waals surface area contributed by atoms with E-state index in [1.807, 2.05) is 41.8 Å². The molecule has 2 aromatic carbocycles. The monoisotopic (exact) mass is 570 g/mol. The highest BCUT2D eigenvalue weighted by Crippen LogP contribution is 2.43. The maximum Gasteiger partial charge on any atom is 0.269 e. The van der Waals surface area contributed by atoms with E-state index in [-0.39, 0.29) is 21.9 Å². The van der Waals surface area contributed by atoms with E-state index in [0.717, 1.165) is 28.0 Å². The number of methoxy groups -OCH3 is 2. The van der Waals surface area contributed by atoms with Gasteiger partial charge in [0.1, 0.15) is 27.2 Å². The summed E-state index contributed by atoms with van der Waals surface area (Å²) in [6, 6.07) is 15.5. The summed E-state index contributed by atoms with van der Waals surface area (Å²) in [6.07, 6.45) is 0. The molecule has 11 heteroatoms. The van der Waals surface area contributed by atoms with Gasteiger partial charge in [-0.2, -0.15) is 5.26 Å². The summed E-state index contributed by atoms with van der Waals surface area (Å²) >= 11 is 2.41. The number of hydrogen-bond acceptors (Lipinski definition) is 10. The molecule has 0 fully saturated rings. The highest BCUT2D eigenvalue weighted by atomic mass is 32.1. The van der Waals surface area contributed by atoms with Crippen LogP contribution >= 0.6 is 22.7 Å². The molecule has 5 rings (SSSR count). The van der Waals surface area contributed by atoms with E-state index in [2.05, 4.69) is 35.2 Å². The molecule has 5 N–H and O–H groups in total. The molecule has 0 aliphatic heterocycles. The number of hydrogen-bond donors (Lipinski definition) is 3. The predicted octanol–water partition coefficient (Wildman–Crippen LogP) is 6.52. The number of nitrogens with one attached hydrogen (secondary N) is 1. The molecular formula is C29H26N6O3S2. The Morgan fingerprint density at radius 3 is 2.38 bits per heavy atom. The van der Waals surface area contributed by atoms with E-state index < -0.39 is 5.91 Å². The summed E-state index contributed by atoms with van der Waals surface area (Å²) in [5, 5.41) is 15.5. The standard InChI is InChI=1S/C29H26N6O3S2/c1-14(2)15-5-7-16(8-6-15)22-18(12-30)26(32)34-28-23(22)24(31)25(40-28)27(36)35-29-33-19(13-39-29)17-9-10-20(37-3)21(11-17)38-4/h5-11,13-14H,31H2,1-4H3,(H2,32,34)(H,33,35,36). The number of benzene rings is 2. The van der Waals surface area contributed by atoms with Gasteiger partial charge < -0.3 is 20.9 Å². The van der Waals surface area contributed by atoms with Gasteiger partial charge in [0.05, 0.1) is 25.6 Å². The molecule has 9 nitrogen and oxygen atoms in total. The molecule has 0 unspecified atom stereocenters. The van der Waals surface area contributed by atoms with Crippen molar-refractivity contribution < 1.29 is 14.3 Å². The van der Waals surface area contributed by atoms with Gasteiger partial charge in [-0.05, 0) is 35.2 Å². The number of nitrogen functional groups attached to an aromatic ring is 2. The van der Waals surface area contributed by atoms with Gasteiger partial charge in [-0.25, -0.2) is 9.97 Å². The van der Waals surface area contributed by atoms with E-state index in [9.17, 15) is 10.1 Å². The molecule has 3 heterocycles. The molecule has 5 aromatic rings. The second-order valence-electron chi connectivity index (χ2n) is 9.22. The predicted molar refractivity (Wildman–Crippen MR) is 161 cm³/mol. The van der Waals surface area contributed by atoms with E-state index in [1.54, 1.807) is 20.3 Å². The number of rotatable bonds is 7. The van der Waals surface area contributed by atoms with Gasteiger partial charge in [0.25, 0.3) is 5.91 Å². The van der Waals surface area contributed by atoms with Crippen LogP contribution in [0.15, 0.2) is 47.8 Å². The second-order valence-corrected chi connectivity index (χ2v) is 11.1. The Morgan fingerprint density at radius 1 is 1.02 bits per heavy atom. The fraction of sp³-hybridized carbons (Fsp3) is 0.172. The maximum atomic E-state index is 13.4. The molecule has 0 saturated heterocycles. The molecule has 40 heavy (non-hydrogen) atoms. The van der Waals surface area contributed by atoms with Crippen LogP contribution in [-0.2, 0) is 0 Å². The first kappa shape index (κ1) is 26.9. The van der Waals surface area contributed by atoms with Gasteiger partial charge in [0.2, 0.25) is 0 Å². The summed E-state index contributed by atoms with van der Waals surface area (Å²) in [5.74, 6) is 1.21. The molecule has 0 atom stereocenters. The fourth-order valence-corrected chi connectivity index (χ4v) is 6.11. The van der Waals surface area contributed by atoms with Crippen molar-refractivity contribution in [2.75, 3.05) is 31.0 Å². The molecule has 1 amide bonds. The minimum Gasteiger partial charge on any atom is -0.493 e. The SMILES string of the molecule is COc1ccc(-c2csc(NC(=O)c3sc4nc(N)c(C#N)c(-c5ccc(C(C)C)cc5)c4c3N)n2)cc1OC. The maximum absolute atomic E-state index is 13.4. The first-order valence-corrected chi connectivity index (χ1v) is 14.0. The number of carbonyl (C=O) groups is 1. The summed E-state index contributed by atoms with van der Waals surface area (Å²) in [4.78, 5) is 23.1. The Hall–Kier alpha value is -4.66. The zero-order chi connectivity index (χ0) is 28.6. The van der Waals surface area contributed by atoms with Crippen molar-refractivity contribution in [1.29, 1.82) is 5.26 Å². The molecule has 0 saturated carbocycles. The van der Waals surface area contributed by atoms with Crippen LogP contribution in [0.4, 0.5) is 16.6 Å². The highest BCUT2D eigenvalue weighted by molar-refractivity contribution is 7.21. The average molecular weight is 571 g/mol. The second kappa shape index (κ2) is 10.8. The lowest BCUT2D eigenvalue weighted by Gasteiger charge is -2.11. The smallest absolute Gasteiger partial charge is 0.269 e. The summed E-state index contributed by atoms with van der Waals surface area (Å²) in [5.41, 5.74) is 17.2. The van der Waals surface area contributed by atoms with Crippen molar-refractivity contribution >= 4 is 55.4 Å². The number of nitrogens with zero attached hydrogens (tertiary/aromatic N) is 3. The minimum atomic E-state index is -0.424. The quantitative estimate of drug-likeness (QED) is 0.200. The molecule has 202 valence electrons. The average Bonchev–Trinajstić information content (AvgIpc) is 3.56. The molecule has 0 radical (unpaired) electrons. The lowest BCUT2D eigenvalue weighted by Crippen LogP contribution is -2.11. The Morgan fingerprint density at radius 2 is 1.73 bits per heavy atom. The van der Waals surface area contributed by atoms with Gasteiger partial charge in [-0.15, -0.1) is 22.7 Å². The number of carbonyl (C=O) groups excluding carboxylic acids is 1. The van der Waals surface area contributed by atoms with Crippen molar-refractivity contribution in [2.24, 2.45) is 0 Å². The summed E-state index contributed by atoms with van der Waals surface area (Å²) < 4.78 is 10.7. The van der Waals surface area contributed by atoms with Crippen molar-refractivity contribution in [3.05, 3.63) is 63.8 Å². The third-order valence-electron chi connectivity index (χ3n) is 6.49. The van der Waals surface area contributed by atoms with Gasteiger partial charge >= 0.3 is 0 Å². The van der Waals surface area contributed by atoms with Crippen LogP contribution in [0.3, 0.4) is 0 Å². The van der Waals surface area contributed by atoms with Crippen LogP contribution in [0.1, 0.15) is 40.6 Å². The number of nitrogens with two attached hydrogens (primary N) is 2. The van der Waals surface area contributed by atoms with Crippen LogP contribution in [0.5, 0.6) is 11.5 Å². The van der Waals surface area contributed by atoms with Gasteiger partial charge in [-0.3, -0.25) is 10.1 Å². The molecule has 0 aliphatic rings.